The molecule has 0 aliphatic carbocycles. The second-order valence-corrected chi connectivity index (χ2v) is 6.94. The minimum atomic E-state index is -4.78. The number of hydrogen-bond acceptors (Lipinski definition) is 8. The van der Waals surface area contributed by atoms with Gasteiger partial charge < -0.3 is 10.5 Å². The van der Waals surface area contributed by atoms with Crippen molar-refractivity contribution in [2.75, 3.05) is 25.2 Å². The number of nitrogens with one attached hydrogen (secondary N) is 1. The average Bonchev–Trinajstić information content (AvgIpc) is 2.64. The number of pyridine rings is 1. The molecule has 0 fully saturated rings. The molecule has 0 aliphatic rings. The number of rotatable bonds is 7. The molecule has 0 amide bonds. The number of aromatic amines is 1. The van der Waals surface area contributed by atoms with Crippen molar-refractivity contribution in [3.8, 4) is 6.07 Å². The zero-order valence-corrected chi connectivity index (χ0v) is 16.6. The number of methoxy groups -OCH3 is 1. The van der Waals surface area contributed by atoms with Gasteiger partial charge in [-0.25, -0.2) is 9.78 Å². The molecular formula is C17H16F3N5O4S. The summed E-state index contributed by atoms with van der Waals surface area (Å²) in [4.78, 5) is 42.4. The van der Waals surface area contributed by atoms with Crippen LogP contribution < -0.4 is 17.0 Å². The first-order chi connectivity index (χ1) is 14.0. The number of carbonyl (C=O) groups excluding carboxylic acids is 1. The number of alkyl halides is 3. The number of anilines is 1. The van der Waals surface area contributed by atoms with Gasteiger partial charge in [0.05, 0.1) is 30.0 Å². The highest BCUT2D eigenvalue weighted by Gasteiger charge is 2.35. The summed E-state index contributed by atoms with van der Waals surface area (Å²) in [6.07, 6.45) is -4.78. The van der Waals surface area contributed by atoms with Crippen LogP contribution in [0, 0.1) is 18.3 Å². The van der Waals surface area contributed by atoms with Crippen LogP contribution >= 0.6 is 11.8 Å². The lowest BCUT2D eigenvalue weighted by molar-refractivity contribution is -0.138. The molecule has 2 heterocycles. The van der Waals surface area contributed by atoms with Gasteiger partial charge in [-0.05, 0) is 13.0 Å². The van der Waals surface area contributed by atoms with Crippen molar-refractivity contribution < 1.29 is 22.7 Å². The fraction of sp³-hybridized carbons (Fsp3) is 0.353. The Morgan fingerprint density at radius 2 is 2.10 bits per heavy atom. The van der Waals surface area contributed by atoms with Gasteiger partial charge in [0.1, 0.15) is 22.5 Å². The first-order valence-corrected chi connectivity index (χ1v) is 9.26. The van der Waals surface area contributed by atoms with E-state index < -0.39 is 45.7 Å². The van der Waals surface area contributed by atoms with Crippen molar-refractivity contribution in [1.82, 2.24) is 14.5 Å². The summed E-state index contributed by atoms with van der Waals surface area (Å²) in [6.45, 7) is 1.37. The maximum Gasteiger partial charge on any atom is 0.417 e. The number of hydrogen-bond donors (Lipinski definition) is 2. The van der Waals surface area contributed by atoms with E-state index >= 15 is 0 Å². The van der Waals surface area contributed by atoms with E-state index in [4.69, 9.17) is 15.7 Å². The number of thioether (sulfide) groups is 1. The number of nitrogen functional groups attached to an aromatic ring is 1. The molecule has 0 atom stereocenters. The van der Waals surface area contributed by atoms with Crippen LogP contribution in [-0.2, 0) is 17.5 Å². The molecule has 13 heteroatoms. The number of nitrogens with zero attached hydrogens (tertiary/aromatic N) is 3. The highest BCUT2D eigenvalue weighted by Crippen LogP contribution is 2.36. The summed E-state index contributed by atoms with van der Waals surface area (Å²) < 4.78 is 45.3. The van der Waals surface area contributed by atoms with Gasteiger partial charge in [0.2, 0.25) is 0 Å². The molecule has 3 N–H and O–H groups in total. The summed E-state index contributed by atoms with van der Waals surface area (Å²) in [6, 6.07) is 2.19. The molecule has 9 nitrogen and oxygen atoms in total. The summed E-state index contributed by atoms with van der Waals surface area (Å²) in [7, 11) is 1.38. The van der Waals surface area contributed by atoms with Crippen molar-refractivity contribution in [2.24, 2.45) is 0 Å². The molecule has 0 radical (unpaired) electrons. The van der Waals surface area contributed by atoms with E-state index in [1.165, 1.54) is 20.1 Å². The van der Waals surface area contributed by atoms with E-state index in [1.807, 2.05) is 4.98 Å². The van der Waals surface area contributed by atoms with Crippen LogP contribution in [-0.4, -0.2) is 39.8 Å². The van der Waals surface area contributed by atoms with Gasteiger partial charge in [0, 0.05) is 12.8 Å². The number of ether oxygens (including phenoxy) is 1. The van der Waals surface area contributed by atoms with E-state index in [0.717, 1.165) is 10.6 Å². The number of Topliss-reactive ketones (excluding diaryl/α,β-unsaturated/α-hetero) is 1. The molecule has 2 rings (SSSR count). The van der Waals surface area contributed by atoms with Gasteiger partial charge in [-0.15, -0.1) is 0 Å². The van der Waals surface area contributed by atoms with Crippen molar-refractivity contribution >= 4 is 23.4 Å². The molecule has 2 aromatic rings. The molecule has 30 heavy (non-hydrogen) atoms. The molecule has 0 aromatic carbocycles. The van der Waals surface area contributed by atoms with E-state index in [2.05, 4.69) is 4.98 Å². The molecule has 0 aliphatic heterocycles. The Bertz CT molecular complexity index is 1130. The Morgan fingerprint density at radius 1 is 1.43 bits per heavy atom. The fourth-order valence-electron chi connectivity index (χ4n) is 2.55. The Hall–Kier alpha value is -3.11. The third-order valence-corrected chi connectivity index (χ3v) is 4.88. The highest BCUT2D eigenvalue weighted by atomic mass is 32.2. The summed E-state index contributed by atoms with van der Waals surface area (Å²) in [5.74, 6) is -1.76. The predicted octanol–water partition coefficient (Wildman–Crippen LogP) is 1.33. The Morgan fingerprint density at radius 3 is 2.67 bits per heavy atom. The molecule has 0 saturated carbocycles. The van der Waals surface area contributed by atoms with Crippen LogP contribution in [0.2, 0.25) is 0 Å². The van der Waals surface area contributed by atoms with Gasteiger partial charge >= 0.3 is 11.9 Å². The lowest BCUT2D eigenvalue weighted by Gasteiger charge is -2.13. The van der Waals surface area contributed by atoms with Gasteiger partial charge in [-0.2, -0.15) is 18.4 Å². The Kier molecular flexibility index (Phi) is 7.06. The van der Waals surface area contributed by atoms with E-state index in [9.17, 15) is 27.6 Å². The molecular weight excluding hydrogens is 427 g/mol. The van der Waals surface area contributed by atoms with Crippen molar-refractivity contribution in [3.63, 3.8) is 0 Å². The van der Waals surface area contributed by atoms with Gasteiger partial charge in [0.15, 0.2) is 5.78 Å². The number of halogens is 3. The van der Waals surface area contributed by atoms with E-state index in [1.54, 1.807) is 0 Å². The summed E-state index contributed by atoms with van der Waals surface area (Å²) >= 11 is 0.561. The number of aromatic nitrogens is 3. The Labute approximate surface area is 171 Å². The van der Waals surface area contributed by atoms with Gasteiger partial charge in [-0.3, -0.25) is 19.1 Å². The second-order valence-electron chi connectivity index (χ2n) is 5.98. The van der Waals surface area contributed by atoms with Crippen molar-refractivity contribution in [3.05, 3.63) is 49.3 Å². The molecule has 0 spiro atoms. The zero-order valence-electron chi connectivity index (χ0n) is 15.8. The summed E-state index contributed by atoms with van der Waals surface area (Å²) in [5.41, 5.74) is 1.54. The minimum Gasteiger partial charge on any atom is -0.384 e. The quantitative estimate of drug-likeness (QED) is 0.482. The number of nitrogens with two attached hydrogens (primary N) is 1. The third kappa shape index (κ3) is 4.89. The number of aryl methyl sites for hydroxylation is 1. The zero-order chi connectivity index (χ0) is 22.6. The van der Waals surface area contributed by atoms with E-state index in [0.29, 0.717) is 11.8 Å². The molecule has 0 unspecified atom stereocenters. The highest BCUT2D eigenvalue weighted by molar-refractivity contribution is 8.00. The van der Waals surface area contributed by atoms with Crippen LogP contribution in [0.5, 0.6) is 0 Å². The van der Waals surface area contributed by atoms with Crippen LogP contribution in [0.15, 0.2) is 20.7 Å². The maximum atomic E-state index is 13.2. The largest absolute Gasteiger partial charge is 0.417 e. The number of ketones is 1. The smallest absolute Gasteiger partial charge is 0.384 e. The first-order valence-electron chi connectivity index (χ1n) is 8.27. The minimum absolute atomic E-state index is 0.00162. The van der Waals surface area contributed by atoms with Crippen LogP contribution in [0.4, 0.5) is 19.0 Å². The standard InChI is InChI=1S/C17H16F3N5O4S/c1-8-5-10(17(18,19)20)9(6-21)15(23-8)30-7-11(26)12-13(22)25(3-4-29-2)16(28)24-14(12)27/h5H,3-4,7,22H2,1-2H3,(H,24,27,28). The second kappa shape index (κ2) is 9.14. The van der Waals surface area contributed by atoms with Gasteiger partial charge in [0.25, 0.3) is 5.56 Å². The molecule has 0 bridgehead atoms. The van der Waals surface area contributed by atoms with Crippen LogP contribution in [0.3, 0.4) is 0 Å². The van der Waals surface area contributed by atoms with Crippen LogP contribution in [0.1, 0.15) is 27.2 Å². The number of carbonyl (C=O) groups is 1. The van der Waals surface area contributed by atoms with Crippen LogP contribution in [0.25, 0.3) is 0 Å². The van der Waals surface area contributed by atoms with Crippen molar-refractivity contribution in [1.29, 1.82) is 5.26 Å². The lowest BCUT2D eigenvalue weighted by atomic mass is 10.1. The van der Waals surface area contributed by atoms with E-state index in [-0.39, 0.29) is 29.7 Å². The van der Waals surface area contributed by atoms with Gasteiger partial charge in [-0.1, -0.05) is 11.8 Å². The monoisotopic (exact) mass is 443 g/mol. The lowest BCUT2D eigenvalue weighted by Crippen LogP contribution is -2.37. The first kappa shape index (κ1) is 23.2. The predicted molar refractivity (Wildman–Crippen MR) is 101 cm³/mol. The SMILES string of the molecule is COCCn1c(N)c(C(=O)CSc2nc(C)cc(C(F)(F)F)c2C#N)c(=O)[nH]c1=O. The Balaban J connectivity index is 2.40. The third-order valence-electron chi connectivity index (χ3n) is 3.91. The molecule has 2 aromatic heterocycles. The molecule has 0 saturated heterocycles. The summed E-state index contributed by atoms with van der Waals surface area (Å²) in [5, 5.41) is 8.86. The fourth-order valence-corrected chi connectivity index (χ4v) is 3.47. The number of H-pyrrole nitrogens is 1. The average molecular weight is 443 g/mol. The molecule has 160 valence electrons. The van der Waals surface area contributed by atoms with Crippen molar-refractivity contribution in [2.45, 2.75) is 24.7 Å². The maximum absolute atomic E-state index is 13.2. The topological polar surface area (TPSA) is 144 Å². The normalized spacial score (nSPS) is 11.3. The number of nitriles is 1.